The van der Waals surface area contributed by atoms with Gasteiger partial charge in [-0.3, -0.25) is 23.7 Å². The van der Waals surface area contributed by atoms with Crippen LogP contribution in [0.15, 0.2) is 81.2 Å². The van der Waals surface area contributed by atoms with Crippen molar-refractivity contribution < 1.29 is 32.0 Å². The third-order valence-corrected chi connectivity index (χ3v) is 9.67. The van der Waals surface area contributed by atoms with Crippen LogP contribution in [0.3, 0.4) is 0 Å². The SMILES string of the molecule is Cc1ccccc1NC(=O)Cn1c2c(sc1=O)[C@@H](c1ccco1)[C@@H]1C(=O)N(c3ccccc3C(F)(F)F)C(=O)[C@@H]1S2. The number of fused-ring (bicyclic) bond motifs is 2. The molecule has 6 rings (SSSR count). The highest BCUT2D eigenvalue weighted by atomic mass is 32.2. The molecular formula is C28H20F3N3O5S2. The second-order valence-electron chi connectivity index (χ2n) is 9.57. The Labute approximate surface area is 238 Å². The first kappa shape index (κ1) is 27.1. The fraction of sp³-hybridized carbons (Fsp3) is 0.214. The third-order valence-electron chi connectivity index (χ3n) is 7.07. The molecule has 210 valence electrons. The Hall–Kier alpha value is -4.10. The van der Waals surface area contributed by atoms with Crippen molar-refractivity contribution in [2.24, 2.45) is 5.92 Å². The Morgan fingerprint density at radius 1 is 1.00 bits per heavy atom. The maximum atomic E-state index is 13.8. The van der Waals surface area contributed by atoms with Crippen LogP contribution in [-0.4, -0.2) is 27.5 Å². The van der Waals surface area contributed by atoms with Gasteiger partial charge in [0.25, 0.3) is 0 Å². The maximum absolute atomic E-state index is 13.8. The molecule has 41 heavy (non-hydrogen) atoms. The Morgan fingerprint density at radius 3 is 2.44 bits per heavy atom. The Balaban J connectivity index is 1.41. The molecule has 1 N–H and O–H groups in total. The number of rotatable bonds is 5. The number of nitrogens with one attached hydrogen (secondary N) is 1. The topological polar surface area (TPSA) is 102 Å². The monoisotopic (exact) mass is 599 g/mol. The molecule has 2 aromatic carbocycles. The number of amides is 3. The number of nitrogens with zero attached hydrogens (tertiary/aromatic N) is 2. The Bertz CT molecular complexity index is 1740. The standard InChI is InChI=1S/C28H20F3N3O5S2/c1-14-7-2-4-9-16(14)32-19(35)13-33-26-23(41-27(33)38)20(18-11-6-12-39-18)21-22(40-26)25(37)34(24(21)36)17-10-5-3-8-15(17)28(29,30)31/h2-12,20-22H,13H2,1H3,(H,32,35)/t20-,21-,22+/m0/s1. The van der Waals surface area contributed by atoms with Crippen molar-refractivity contribution in [3.8, 4) is 0 Å². The molecule has 0 spiro atoms. The fourth-order valence-corrected chi connectivity index (χ4v) is 7.98. The van der Waals surface area contributed by atoms with Crippen LogP contribution in [0.4, 0.5) is 24.5 Å². The molecule has 2 aromatic heterocycles. The number of aryl methyl sites for hydroxylation is 1. The highest BCUT2D eigenvalue weighted by Gasteiger charge is 2.58. The number of hydrogen-bond acceptors (Lipinski definition) is 7. The zero-order chi connectivity index (χ0) is 29.1. The number of aromatic nitrogens is 1. The van der Waals surface area contributed by atoms with Gasteiger partial charge in [0, 0.05) is 5.69 Å². The first-order valence-corrected chi connectivity index (χ1v) is 14.1. The summed E-state index contributed by atoms with van der Waals surface area (Å²) in [5.74, 6) is -3.89. The van der Waals surface area contributed by atoms with E-state index in [1.54, 1.807) is 24.3 Å². The lowest BCUT2D eigenvalue weighted by Gasteiger charge is -2.29. The molecule has 2 aliphatic rings. The summed E-state index contributed by atoms with van der Waals surface area (Å²) < 4.78 is 48.4. The van der Waals surface area contributed by atoms with Gasteiger partial charge in [-0.05, 0) is 42.8 Å². The summed E-state index contributed by atoms with van der Waals surface area (Å²) >= 11 is 1.73. The number of para-hydroxylation sites is 2. The summed E-state index contributed by atoms with van der Waals surface area (Å²) in [6.07, 6.45) is -3.43. The van der Waals surface area contributed by atoms with E-state index in [9.17, 15) is 32.3 Å². The number of alkyl halides is 3. The van der Waals surface area contributed by atoms with Crippen LogP contribution in [0.5, 0.6) is 0 Å². The molecule has 0 unspecified atom stereocenters. The van der Waals surface area contributed by atoms with Gasteiger partial charge in [-0.15, -0.1) is 0 Å². The van der Waals surface area contributed by atoms with Gasteiger partial charge in [-0.1, -0.05) is 53.4 Å². The number of benzene rings is 2. The summed E-state index contributed by atoms with van der Waals surface area (Å²) in [5, 5.41) is 1.93. The number of halogens is 3. The Kier molecular flexibility index (Phi) is 6.65. The van der Waals surface area contributed by atoms with E-state index in [1.165, 1.54) is 23.0 Å². The molecule has 8 nitrogen and oxygen atoms in total. The van der Waals surface area contributed by atoms with E-state index in [0.717, 1.165) is 40.8 Å². The fourth-order valence-electron chi connectivity index (χ4n) is 5.22. The zero-order valence-electron chi connectivity index (χ0n) is 21.2. The molecule has 1 saturated heterocycles. The van der Waals surface area contributed by atoms with E-state index in [1.807, 2.05) is 19.1 Å². The molecule has 0 radical (unpaired) electrons. The highest BCUT2D eigenvalue weighted by Crippen LogP contribution is 2.54. The van der Waals surface area contributed by atoms with Gasteiger partial charge >= 0.3 is 11.0 Å². The number of hydrogen-bond donors (Lipinski definition) is 1. The molecule has 1 fully saturated rings. The minimum atomic E-state index is -4.80. The number of anilines is 2. The van der Waals surface area contributed by atoms with Gasteiger partial charge in [-0.25, -0.2) is 4.90 Å². The second-order valence-corrected chi connectivity index (χ2v) is 11.7. The van der Waals surface area contributed by atoms with Crippen LogP contribution in [0, 0.1) is 12.8 Å². The number of furan rings is 1. The number of carbonyl (C=O) groups is 3. The number of imide groups is 1. The van der Waals surface area contributed by atoms with Gasteiger partial charge in [0.2, 0.25) is 17.7 Å². The smallest absolute Gasteiger partial charge is 0.418 e. The van der Waals surface area contributed by atoms with Crippen molar-refractivity contribution in [3.63, 3.8) is 0 Å². The van der Waals surface area contributed by atoms with E-state index in [-0.39, 0.29) is 12.3 Å². The molecule has 0 bridgehead atoms. The van der Waals surface area contributed by atoms with Crippen molar-refractivity contribution in [1.29, 1.82) is 0 Å². The predicted molar refractivity (Wildman–Crippen MR) is 146 cm³/mol. The number of carbonyl (C=O) groups excluding carboxylic acids is 3. The van der Waals surface area contributed by atoms with Crippen LogP contribution in [0.1, 0.15) is 27.7 Å². The average Bonchev–Trinajstić information content (AvgIpc) is 3.62. The minimum Gasteiger partial charge on any atom is -0.469 e. The lowest BCUT2D eigenvalue weighted by atomic mass is 9.86. The lowest BCUT2D eigenvalue weighted by Crippen LogP contribution is -2.33. The summed E-state index contributed by atoms with van der Waals surface area (Å²) in [5.41, 5.74) is -0.266. The van der Waals surface area contributed by atoms with Crippen LogP contribution >= 0.6 is 23.1 Å². The van der Waals surface area contributed by atoms with E-state index >= 15 is 0 Å². The van der Waals surface area contributed by atoms with E-state index < -0.39 is 57.1 Å². The van der Waals surface area contributed by atoms with Crippen LogP contribution in [-0.2, 0) is 27.1 Å². The van der Waals surface area contributed by atoms with E-state index in [4.69, 9.17) is 4.42 Å². The van der Waals surface area contributed by atoms with Gasteiger partial charge in [0.15, 0.2) is 0 Å². The minimum absolute atomic E-state index is 0.284. The molecule has 4 heterocycles. The van der Waals surface area contributed by atoms with Crippen molar-refractivity contribution >= 4 is 52.2 Å². The largest absolute Gasteiger partial charge is 0.469 e. The zero-order valence-corrected chi connectivity index (χ0v) is 22.8. The third kappa shape index (κ3) is 4.58. The summed E-state index contributed by atoms with van der Waals surface area (Å²) in [7, 11) is 0. The average molecular weight is 600 g/mol. The van der Waals surface area contributed by atoms with Gasteiger partial charge in [0.05, 0.1) is 39.3 Å². The van der Waals surface area contributed by atoms with Crippen molar-refractivity contribution in [1.82, 2.24) is 4.57 Å². The predicted octanol–water partition coefficient (Wildman–Crippen LogP) is 5.26. The molecule has 4 aromatic rings. The normalized spacial score (nSPS) is 20.2. The van der Waals surface area contributed by atoms with Gasteiger partial charge in [0.1, 0.15) is 17.6 Å². The molecule has 3 atom stereocenters. The quantitative estimate of drug-likeness (QED) is 0.314. The molecule has 0 saturated carbocycles. The van der Waals surface area contributed by atoms with Gasteiger partial charge in [-0.2, -0.15) is 13.2 Å². The number of thiazole rings is 1. The van der Waals surface area contributed by atoms with Crippen LogP contribution < -0.4 is 15.1 Å². The molecule has 0 aliphatic carbocycles. The first-order chi connectivity index (χ1) is 19.6. The summed E-state index contributed by atoms with van der Waals surface area (Å²) in [4.78, 5) is 54.1. The van der Waals surface area contributed by atoms with Gasteiger partial charge < -0.3 is 9.73 Å². The molecule has 3 amide bonds. The maximum Gasteiger partial charge on any atom is 0.418 e. The molecular weight excluding hydrogens is 579 g/mol. The van der Waals surface area contributed by atoms with Crippen molar-refractivity contribution in [2.45, 2.75) is 35.8 Å². The summed E-state index contributed by atoms with van der Waals surface area (Å²) in [6, 6.07) is 14.7. The lowest BCUT2D eigenvalue weighted by molar-refractivity contribution is -0.137. The van der Waals surface area contributed by atoms with Crippen molar-refractivity contribution in [3.05, 3.63) is 98.4 Å². The summed E-state index contributed by atoms with van der Waals surface area (Å²) in [6.45, 7) is 1.46. The van der Waals surface area contributed by atoms with E-state index in [2.05, 4.69) is 5.32 Å². The van der Waals surface area contributed by atoms with Crippen molar-refractivity contribution in [2.75, 3.05) is 10.2 Å². The van der Waals surface area contributed by atoms with Crippen LogP contribution in [0.2, 0.25) is 0 Å². The first-order valence-electron chi connectivity index (χ1n) is 12.4. The van der Waals surface area contributed by atoms with Crippen LogP contribution in [0.25, 0.3) is 0 Å². The number of thioether (sulfide) groups is 1. The second kappa shape index (κ2) is 10.1. The molecule has 2 aliphatic heterocycles. The Morgan fingerprint density at radius 2 is 1.73 bits per heavy atom. The van der Waals surface area contributed by atoms with E-state index in [0.29, 0.717) is 20.5 Å². The molecule has 13 heteroatoms. The highest BCUT2D eigenvalue weighted by molar-refractivity contribution is 8.00.